The molecule has 18 heavy (non-hydrogen) atoms. The lowest BCUT2D eigenvalue weighted by Gasteiger charge is -2.31. The maximum absolute atomic E-state index is 11.8. The summed E-state index contributed by atoms with van der Waals surface area (Å²) in [4.78, 5) is 13.5. The maximum Gasteiger partial charge on any atom is 0.410 e. The second-order valence-corrected chi connectivity index (χ2v) is 4.21. The highest BCUT2D eigenvalue weighted by Gasteiger charge is 2.24. The monoisotopic (exact) mass is 250 g/mol. The van der Waals surface area contributed by atoms with E-state index in [1.54, 1.807) is 4.90 Å². The third-order valence-corrected chi connectivity index (χ3v) is 2.87. The van der Waals surface area contributed by atoms with Crippen molar-refractivity contribution in [3.05, 3.63) is 35.9 Å². The first-order chi connectivity index (χ1) is 8.79. The second kappa shape index (κ2) is 6.37. The van der Waals surface area contributed by atoms with Gasteiger partial charge in [-0.15, -0.1) is 0 Å². The smallest absolute Gasteiger partial charge is 0.410 e. The van der Waals surface area contributed by atoms with Crippen LogP contribution < -0.4 is 5.73 Å². The van der Waals surface area contributed by atoms with Crippen LogP contribution in [0.1, 0.15) is 5.56 Å². The van der Waals surface area contributed by atoms with Crippen LogP contribution in [0.2, 0.25) is 0 Å². The molecule has 0 bridgehead atoms. The Bertz CT molecular complexity index is 383. The summed E-state index contributed by atoms with van der Waals surface area (Å²) >= 11 is 0. The Hall–Kier alpha value is -1.59. The van der Waals surface area contributed by atoms with Crippen LogP contribution in [0.3, 0.4) is 0 Å². The van der Waals surface area contributed by atoms with Crippen LogP contribution in [-0.4, -0.2) is 43.3 Å². The molecule has 1 aliphatic rings. The Balaban J connectivity index is 1.81. The van der Waals surface area contributed by atoms with Gasteiger partial charge in [-0.1, -0.05) is 30.3 Å². The van der Waals surface area contributed by atoms with Crippen LogP contribution in [0.25, 0.3) is 0 Å². The third-order valence-electron chi connectivity index (χ3n) is 2.87. The molecule has 1 aromatic rings. The van der Waals surface area contributed by atoms with Gasteiger partial charge in [-0.25, -0.2) is 4.79 Å². The third kappa shape index (κ3) is 3.45. The van der Waals surface area contributed by atoms with Crippen LogP contribution in [-0.2, 0) is 16.1 Å². The number of nitrogens with zero attached hydrogens (tertiary/aromatic N) is 1. The Morgan fingerprint density at radius 2 is 2.22 bits per heavy atom. The topological polar surface area (TPSA) is 64.8 Å². The van der Waals surface area contributed by atoms with Gasteiger partial charge in [0.15, 0.2) is 0 Å². The van der Waals surface area contributed by atoms with Gasteiger partial charge < -0.3 is 20.1 Å². The molecular weight excluding hydrogens is 232 g/mol. The molecule has 2 N–H and O–H groups in total. The number of nitrogens with two attached hydrogens (primary N) is 1. The number of amides is 1. The van der Waals surface area contributed by atoms with Crippen LogP contribution in [0.15, 0.2) is 30.3 Å². The zero-order valence-corrected chi connectivity index (χ0v) is 10.2. The minimum Gasteiger partial charge on any atom is -0.445 e. The summed E-state index contributed by atoms with van der Waals surface area (Å²) in [5.74, 6) is 0. The molecule has 0 aliphatic carbocycles. The summed E-state index contributed by atoms with van der Waals surface area (Å²) in [7, 11) is 0. The van der Waals surface area contributed by atoms with Crippen LogP contribution in [0.4, 0.5) is 4.79 Å². The van der Waals surface area contributed by atoms with E-state index in [4.69, 9.17) is 15.2 Å². The molecule has 1 amide bonds. The molecule has 1 saturated heterocycles. The average molecular weight is 250 g/mol. The molecule has 1 aliphatic heterocycles. The molecule has 5 heteroatoms. The van der Waals surface area contributed by atoms with E-state index in [-0.39, 0.29) is 12.2 Å². The fraction of sp³-hybridized carbons (Fsp3) is 0.462. The van der Waals surface area contributed by atoms with Crippen molar-refractivity contribution in [2.24, 2.45) is 5.73 Å². The van der Waals surface area contributed by atoms with Crippen LogP contribution in [0.5, 0.6) is 0 Å². The number of carbonyl (C=O) groups excluding carboxylic acids is 1. The average Bonchev–Trinajstić information content (AvgIpc) is 2.46. The van der Waals surface area contributed by atoms with Gasteiger partial charge >= 0.3 is 6.09 Å². The normalized spacial score (nSPS) is 19.6. The van der Waals surface area contributed by atoms with Crippen molar-refractivity contribution in [3.63, 3.8) is 0 Å². The molecule has 0 radical (unpaired) electrons. The summed E-state index contributed by atoms with van der Waals surface area (Å²) in [5.41, 5.74) is 6.51. The van der Waals surface area contributed by atoms with Gasteiger partial charge in [0, 0.05) is 13.1 Å². The molecule has 1 atom stereocenters. The van der Waals surface area contributed by atoms with E-state index < -0.39 is 0 Å². The highest BCUT2D eigenvalue weighted by atomic mass is 16.6. The fourth-order valence-electron chi connectivity index (χ4n) is 1.84. The molecule has 0 spiro atoms. The van der Waals surface area contributed by atoms with E-state index in [0.717, 1.165) is 5.56 Å². The lowest BCUT2D eigenvalue weighted by Crippen LogP contribution is -2.48. The lowest BCUT2D eigenvalue weighted by molar-refractivity contribution is -0.0235. The van der Waals surface area contributed by atoms with Crippen molar-refractivity contribution in [1.82, 2.24) is 4.90 Å². The number of benzene rings is 1. The SMILES string of the molecule is NC[C@@H]1CN(C(=O)OCc2ccccc2)CCO1. The molecule has 2 rings (SSSR count). The lowest BCUT2D eigenvalue weighted by atomic mass is 10.2. The number of morpholine rings is 1. The number of carbonyl (C=O) groups is 1. The Morgan fingerprint density at radius 3 is 2.94 bits per heavy atom. The second-order valence-electron chi connectivity index (χ2n) is 4.21. The maximum atomic E-state index is 11.8. The molecular formula is C13H18N2O3. The molecule has 0 aromatic heterocycles. The van der Waals surface area contributed by atoms with Crippen molar-refractivity contribution in [2.75, 3.05) is 26.2 Å². The summed E-state index contributed by atoms with van der Waals surface area (Å²) in [6.07, 6.45) is -0.386. The zero-order valence-electron chi connectivity index (χ0n) is 10.2. The number of hydrogen-bond donors (Lipinski definition) is 1. The number of rotatable bonds is 3. The van der Waals surface area contributed by atoms with Crippen molar-refractivity contribution in [2.45, 2.75) is 12.7 Å². The van der Waals surface area contributed by atoms with E-state index in [1.165, 1.54) is 0 Å². The van der Waals surface area contributed by atoms with Crippen molar-refractivity contribution < 1.29 is 14.3 Å². The largest absolute Gasteiger partial charge is 0.445 e. The van der Waals surface area contributed by atoms with Crippen LogP contribution in [0, 0.1) is 0 Å². The Kier molecular flexibility index (Phi) is 4.55. The molecule has 1 aromatic carbocycles. The molecule has 1 heterocycles. The first-order valence-electron chi connectivity index (χ1n) is 6.07. The van der Waals surface area contributed by atoms with Crippen molar-refractivity contribution in [1.29, 1.82) is 0 Å². The van der Waals surface area contributed by atoms with Gasteiger partial charge in [0.1, 0.15) is 6.61 Å². The number of ether oxygens (including phenoxy) is 2. The van der Waals surface area contributed by atoms with E-state index >= 15 is 0 Å². The summed E-state index contributed by atoms with van der Waals surface area (Å²) in [6, 6.07) is 9.62. The molecule has 1 fully saturated rings. The minimum absolute atomic E-state index is 0.0805. The standard InChI is InChI=1S/C13H18N2O3/c14-8-12-9-15(6-7-17-12)13(16)18-10-11-4-2-1-3-5-11/h1-5,12H,6-10,14H2/t12-/m1/s1. The van der Waals surface area contributed by atoms with E-state index in [9.17, 15) is 4.79 Å². The first kappa shape index (κ1) is 12.9. The zero-order chi connectivity index (χ0) is 12.8. The highest BCUT2D eigenvalue weighted by Crippen LogP contribution is 2.08. The molecule has 5 nitrogen and oxygen atoms in total. The summed E-state index contributed by atoms with van der Waals surface area (Å²) in [5, 5.41) is 0. The van der Waals surface area contributed by atoms with Crippen molar-refractivity contribution in [3.8, 4) is 0 Å². The molecule has 0 saturated carbocycles. The van der Waals surface area contributed by atoms with Gasteiger partial charge in [-0.3, -0.25) is 0 Å². The minimum atomic E-state index is -0.305. The van der Waals surface area contributed by atoms with Crippen molar-refractivity contribution >= 4 is 6.09 Å². The quantitative estimate of drug-likeness (QED) is 0.868. The summed E-state index contributed by atoms with van der Waals surface area (Å²) in [6.45, 7) is 2.29. The van der Waals surface area contributed by atoms with Gasteiger partial charge in [0.2, 0.25) is 0 Å². The molecule has 0 unspecified atom stereocenters. The predicted molar refractivity (Wildman–Crippen MR) is 67.0 cm³/mol. The highest BCUT2D eigenvalue weighted by molar-refractivity contribution is 5.67. The molecule has 98 valence electrons. The Morgan fingerprint density at radius 1 is 1.44 bits per heavy atom. The summed E-state index contributed by atoms with van der Waals surface area (Å²) < 4.78 is 10.6. The fourth-order valence-corrected chi connectivity index (χ4v) is 1.84. The van der Waals surface area contributed by atoms with Gasteiger partial charge in [0.25, 0.3) is 0 Å². The van der Waals surface area contributed by atoms with Crippen LogP contribution >= 0.6 is 0 Å². The van der Waals surface area contributed by atoms with E-state index in [2.05, 4.69) is 0 Å². The first-order valence-corrected chi connectivity index (χ1v) is 6.07. The Labute approximate surface area is 106 Å². The van der Waals surface area contributed by atoms with Gasteiger partial charge in [0.05, 0.1) is 19.3 Å². The van der Waals surface area contributed by atoms with E-state index in [1.807, 2.05) is 30.3 Å². The van der Waals surface area contributed by atoms with E-state index in [0.29, 0.717) is 32.8 Å². The predicted octanol–water partition coefficient (Wildman–Crippen LogP) is 0.983. The van der Waals surface area contributed by atoms with Gasteiger partial charge in [-0.2, -0.15) is 0 Å². The van der Waals surface area contributed by atoms with Gasteiger partial charge in [-0.05, 0) is 5.56 Å². The number of hydrogen-bond acceptors (Lipinski definition) is 4.